The van der Waals surface area contributed by atoms with Crippen molar-refractivity contribution in [3.05, 3.63) is 39.8 Å². The minimum Gasteiger partial charge on any atom is -0.489 e. The molecule has 1 aliphatic rings. The van der Waals surface area contributed by atoms with Crippen LogP contribution in [0.5, 0.6) is 5.75 Å². The second-order valence-electron chi connectivity index (χ2n) is 6.54. The predicted octanol–water partition coefficient (Wildman–Crippen LogP) is 4.26. The minimum atomic E-state index is -0.125. The van der Waals surface area contributed by atoms with Gasteiger partial charge < -0.3 is 15.0 Å². The average molecular weight is 349 g/mol. The topological polar surface area (TPSA) is 54.1 Å². The number of pyridine rings is 1. The highest BCUT2D eigenvalue weighted by Crippen LogP contribution is 2.33. The van der Waals surface area contributed by atoms with Gasteiger partial charge in [0.1, 0.15) is 5.75 Å². The molecule has 1 aromatic heterocycles. The van der Waals surface area contributed by atoms with E-state index in [1.54, 1.807) is 12.3 Å². The summed E-state index contributed by atoms with van der Waals surface area (Å²) in [6.45, 7) is 3.32. The summed E-state index contributed by atoms with van der Waals surface area (Å²) in [6.07, 6.45) is 8.63. The van der Waals surface area contributed by atoms with Gasteiger partial charge in [0.25, 0.3) is 5.56 Å². The summed E-state index contributed by atoms with van der Waals surface area (Å²) in [5, 5.41) is 5.50. The number of hydrogen-bond acceptors (Lipinski definition) is 3. The van der Waals surface area contributed by atoms with Crippen molar-refractivity contribution >= 4 is 22.4 Å². The molecule has 1 aliphatic carbocycles. The van der Waals surface area contributed by atoms with Gasteiger partial charge in [-0.15, -0.1) is 0 Å². The number of H-pyrrole nitrogens is 1. The van der Waals surface area contributed by atoms with Crippen LogP contribution in [0.1, 0.15) is 45.4 Å². The molecule has 130 valence electrons. The molecule has 0 aliphatic heterocycles. The van der Waals surface area contributed by atoms with Crippen LogP contribution in [0.3, 0.4) is 0 Å². The van der Waals surface area contributed by atoms with Gasteiger partial charge in [-0.25, -0.2) is 0 Å². The van der Waals surface area contributed by atoms with Crippen LogP contribution in [0, 0.1) is 0 Å². The monoisotopic (exact) mass is 348 g/mol. The molecule has 24 heavy (non-hydrogen) atoms. The van der Waals surface area contributed by atoms with E-state index in [0.29, 0.717) is 22.2 Å². The van der Waals surface area contributed by atoms with Crippen molar-refractivity contribution in [2.24, 2.45) is 0 Å². The van der Waals surface area contributed by atoms with Crippen molar-refractivity contribution < 1.29 is 4.74 Å². The van der Waals surface area contributed by atoms with E-state index in [9.17, 15) is 4.79 Å². The van der Waals surface area contributed by atoms with Gasteiger partial charge in [0.05, 0.1) is 11.1 Å². The Morgan fingerprint density at radius 3 is 2.75 bits per heavy atom. The lowest BCUT2D eigenvalue weighted by atomic mass is 9.93. The van der Waals surface area contributed by atoms with Crippen LogP contribution in [0.15, 0.2) is 29.2 Å². The van der Waals surface area contributed by atoms with E-state index in [1.807, 2.05) is 12.1 Å². The molecule has 3 rings (SSSR count). The molecule has 0 atom stereocenters. The number of rotatable bonds is 6. The third-order valence-corrected chi connectivity index (χ3v) is 5.17. The summed E-state index contributed by atoms with van der Waals surface area (Å²) >= 11 is 6.46. The van der Waals surface area contributed by atoms with Crippen LogP contribution in [0.2, 0.25) is 5.02 Å². The number of hydrogen-bond donors (Lipinski definition) is 2. The van der Waals surface area contributed by atoms with E-state index in [1.165, 1.54) is 12.8 Å². The Morgan fingerprint density at radius 1 is 1.21 bits per heavy atom. The summed E-state index contributed by atoms with van der Waals surface area (Å²) in [6, 6.07) is 6.03. The number of fused-ring (bicyclic) bond motifs is 1. The van der Waals surface area contributed by atoms with Crippen molar-refractivity contribution in [1.29, 1.82) is 0 Å². The number of nitrogens with one attached hydrogen (secondary N) is 2. The highest BCUT2D eigenvalue weighted by molar-refractivity contribution is 6.37. The molecule has 1 aromatic carbocycles. The zero-order valence-electron chi connectivity index (χ0n) is 14.1. The summed E-state index contributed by atoms with van der Waals surface area (Å²) < 4.78 is 6.14. The quantitative estimate of drug-likeness (QED) is 0.767. The van der Waals surface area contributed by atoms with E-state index in [4.69, 9.17) is 16.3 Å². The third kappa shape index (κ3) is 3.93. The molecule has 2 N–H and O–H groups in total. The molecule has 2 aromatic rings. The maximum absolute atomic E-state index is 11.8. The molecular formula is C19H25ClN2O2. The predicted molar refractivity (Wildman–Crippen MR) is 99.2 cm³/mol. The lowest BCUT2D eigenvalue weighted by Crippen LogP contribution is -2.36. The first-order valence-electron chi connectivity index (χ1n) is 8.89. The van der Waals surface area contributed by atoms with Gasteiger partial charge in [-0.1, -0.05) is 24.9 Å². The number of aromatic amines is 1. The first kappa shape index (κ1) is 17.3. The van der Waals surface area contributed by atoms with Crippen molar-refractivity contribution in [3.63, 3.8) is 0 Å². The summed E-state index contributed by atoms with van der Waals surface area (Å²) in [7, 11) is 0. The number of benzene rings is 1. The number of aromatic nitrogens is 1. The fourth-order valence-corrected chi connectivity index (χ4v) is 3.62. The van der Waals surface area contributed by atoms with E-state index in [2.05, 4.69) is 17.2 Å². The van der Waals surface area contributed by atoms with Gasteiger partial charge in [0.15, 0.2) is 0 Å². The molecule has 0 spiro atoms. The zero-order valence-corrected chi connectivity index (χ0v) is 14.9. The SMILES string of the molecule is CCCCN[C@H]1CC[C@@H](Oc2ccc3c(=O)[nH]ccc3c2Cl)CC1. The van der Waals surface area contributed by atoms with E-state index in [-0.39, 0.29) is 11.7 Å². The van der Waals surface area contributed by atoms with Gasteiger partial charge in [0.2, 0.25) is 0 Å². The van der Waals surface area contributed by atoms with Crippen molar-refractivity contribution in [3.8, 4) is 5.75 Å². The largest absolute Gasteiger partial charge is 0.489 e. The Hall–Kier alpha value is -1.52. The normalized spacial score (nSPS) is 21.1. The molecule has 5 heteroatoms. The number of ether oxygens (including phenoxy) is 1. The Labute approximate surface area is 147 Å². The molecule has 1 fully saturated rings. The second kappa shape index (κ2) is 8.04. The molecule has 0 unspecified atom stereocenters. The summed E-state index contributed by atoms with van der Waals surface area (Å²) in [4.78, 5) is 14.5. The van der Waals surface area contributed by atoms with Crippen LogP contribution in [-0.4, -0.2) is 23.7 Å². The standard InChI is InChI=1S/C19H25ClN2O2/c1-2-3-11-21-13-4-6-14(7-5-13)24-17-9-8-16-15(18(17)20)10-12-22-19(16)23/h8-10,12-14,21H,2-7,11H2,1H3,(H,22,23)/t13-,14+. The highest BCUT2D eigenvalue weighted by Gasteiger charge is 2.23. The number of halogens is 1. The van der Waals surface area contributed by atoms with Gasteiger partial charge in [-0.3, -0.25) is 4.79 Å². The Bertz CT molecular complexity index is 736. The first-order valence-corrected chi connectivity index (χ1v) is 9.26. The van der Waals surface area contributed by atoms with Crippen LogP contribution >= 0.6 is 11.6 Å². The van der Waals surface area contributed by atoms with Crippen molar-refractivity contribution in [2.75, 3.05) is 6.54 Å². The smallest absolute Gasteiger partial charge is 0.255 e. The van der Waals surface area contributed by atoms with Crippen molar-refractivity contribution in [1.82, 2.24) is 10.3 Å². The maximum atomic E-state index is 11.8. The van der Waals surface area contributed by atoms with Gasteiger partial charge >= 0.3 is 0 Å². The Kier molecular flexibility index (Phi) is 5.80. The minimum absolute atomic E-state index is 0.125. The lowest BCUT2D eigenvalue weighted by molar-refractivity contribution is 0.140. The van der Waals surface area contributed by atoms with Crippen LogP contribution < -0.4 is 15.6 Å². The number of unbranched alkanes of at least 4 members (excludes halogenated alkanes) is 1. The fourth-order valence-electron chi connectivity index (χ4n) is 3.35. The van der Waals surface area contributed by atoms with E-state index < -0.39 is 0 Å². The van der Waals surface area contributed by atoms with E-state index in [0.717, 1.165) is 37.6 Å². The molecule has 0 radical (unpaired) electrons. The summed E-state index contributed by atoms with van der Waals surface area (Å²) in [5.74, 6) is 0.678. The van der Waals surface area contributed by atoms with Crippen LogP contribution in [0.25, 0.3) is 10.8 Å². The van der Waals surface area contributed by atoms with Crippen LogP contribution in [0.4, 0.5) is 0 Å². The Morgan fingerprint density at radius 2 is 2.00 bits per heavy atom. The fraction of sp³-hybridized carbons (Fsp3) is 0.526. The molecule has 0 saturated heterocycles. The van der Waals surface area contributed by atoms with E-state index >= 15 is 0 Å². The summed E-state index contributed by atoms with van der Waals surface area (Å²) in [5.41, 5.74) is -0.125. The molecule has 0 amide bonds. The van der Waals surface area contributed by atoms with Gasteiger partial charge in [0, 0.05) is 23.0 Å². The van der Waals surface area contributed by atoms with Gasteiger partial charge in [-0.2, -0.15) is 0 Å². The third-order valence-electron chi connectivity index (χ3n) is 4.78. The second-order valence-corrected chi connectivity index (χ2v) is 6.92. The van der Waals surface area contributed by atoms with Crippen molar-refractivity contribution in [2.45, 2.75) is 57.6 Å². The molecular weight excluding hydrogens is 324 g/mol. The first-order chi connectivity index (χ1) is 11.7. The zero-order chi connectivity index (χ0) is 16.9. The average Bonchev–Trinajstić information content (AvgIpc) is 2.60. The molecule has 4 nitrogen and oxygen atoms in total. The highest BCUT2D eigenvalue weighted by atomic mass is 35.5. The molecule has 0 bridgehead atoms. The van der Waals surface area contributed by atoms with Crippen LogP contribution in [-0.2, 0) is 0 Å². The van der Waals surface area contributed by atoms with Gasteiger partial charge in [-0.05, 0) is 56.8 Å². The molecule has 1 heterocycles. The Balaban J connectivity index is 1.62. The lowest BCUT2D eigenvalue weighted by Gasteiger charge is -2.30. The maximum Gasteiger partial charge on any atom is 0.255 e. The molecule has 1 saturated carbocycles.